The third-order valence-electron chi connectivity index (χ3n) is 1.83. The summed E-state index contributed by atoms with van der Waals surface area (Å²) in [6.07, 6.45) is 0. The molecule has 0 bridgehead atoms. The van der Waals surface area contributed by atoms with Crippen LogP contribution in [0.3, 0.4) is 0 Å². The predicted molar refractivity (Wildman–Crippen MR) is 52.9 cm³/mol. The average molecular weight is 230 g/mol. The largest absolute Gasteiger partial charge is 0.394 e. The highest BCUT2D eigenvalue weighted by molar-refractivity contribution is 9.10. The summed E-state index contributed by atoms with van der Waals surface area (Å²) in [6.45, 7) is 1.97. The average Bonchev–Trinajstić information content (AvgIpc) is 2.03. The van der Waals surface area contributed by atoms with Gasteiger partial charge in [-0.1, -0.05) is 22.0 Å². The maximum Gasteiger partial charge on any atom is 0.0624 e. The normalized spacial score (nSPS) is 13.0. The van der Waals surface area contributed by atoms with Gasteiger partial charge in [-0.05, 0) is 30.2 Å². The fourth-order valence-electron chi connectivity index (χ4n) is 1.15. The molecular formula is C9H12BrNO. The fraction of sp³-hybridized carbons (Fsp3) is 0.333. The second-order valence-electron chi connectivity index (χ2n) is 2.79. The molecule has 1 rings (SSSR count). The van der Waals surface area contributed by atoms with Crippen LogP contribution >= 0.6 is 15.9 Å². The SMILES string of the molecule is Cc1cc(Br)ccc1[C@@H](N)CO. The molecule has 2 nitrogen and oxygen atoms in total. The Kier molecular flexibility index (Phi) is 3.26. The zero-order valence-corrected chi connectivity index (χ0v) is 8.51. The number of halogens is 1. The van der Waals surface area contributed by atoms with E-state index in [0.29, 0.717) is 0 Å². The van der Waals surface area contributed by atoms with Crippen LogP contribution in [0.5, 0.6) is 0 Å². The lowest BCUT2D eigenvalue weighted by molar-refractivity contribution is 0.267. The van der Waals surface area contributed by atoms with E-state index >= 15 is 0 Å². The maximum atomic E-state index is 8.85. The molecule has 0 heterocycles. The van der Waals surface area contributed by atoms with Gasteiger partial charge >= 0.3 is 0 Å². The van der Waals surface area contributed by atoms with Crippen LogP contribution < -0.4 is 5.73 Å². The number of aliphatic hydroxyl groups excluding tert-OH is 1. The highest BCUT2D eigenvalue weighted by Crippen LogP contribution is 2.19. The molecule has 0 saturated heterocycles. The van der Waals surface area contributed by atoms with Crippen molar-refractivity contribution in [2.24, 2.45) is 5.73 Å². The second-order valence-corrected chi connectivity index (χ2v) is 3.71. The van der Waals surface area contributed by atoms with Crippen molar-refractivity contribution in [3.8, 4) is 0 Å². The topological polar surface area (TPSA) is 46.2 Å². The Hall–Kier alpha value is -0.380. The summed E-state index contributed by atoms with van der Waals surface area (Å²) in [5.74, 6) is 0. The number of hydrogen-bond donors (Lipinski definition) is 2. The van der Waals surface area contributed by atoms with Crippen molar-refractivity contribution in [1.29, 1.82) is 0 Å². The summed E-state index contributed by atoms with van der Waals surface area (Å²) < 4.78 is 1.04. The second kappa shape index (κ2) is 4.03. The number of hydrogen-bond acceptors (Lipinski definition) is 2. The molecule has 66 valence electrons. The van der Waals surface area contributed by atoms with Crippen LogP contribution in [0.15, 0.2) is 22.7 Å². The molecular weight excluding hydrogens is 218 g/mol. The molecule has 0 spiro atoms. The van der Waals surface area contributed by atoms with E-state index in [1.165, 1.54) is 0 Å². The number of benzene rings is 1. The summed E-state index contributed by atoms with van der Waals surface area (Å²) in [6, 6.07) is 5.58. The molecule has 0 aliphatic carbocycles. The zero-order valence-electron chi connectivity index (χ0n) is 6.92. The third-order valence-corrected chi connectivity index (χ3v) is 2.32. The minimum absolute atomic E-state index is 0.0114. The van der Waals surface area contributed by atoms with E-state index in [4.69, 9.17) is 10.8 Å². The molecule has 0 saturated carbocycles. The monoisotopic (exact) mass is 229 g/mol. The van der Waals surface area contributed by atoms with Crippen molar-refractivity contribution in [2.45, 2.75) is 13.0 Å². The van der Waals surface area contributed by atoms with Gasteiger partial charge in [-0.3, -0.25) is 0 Å². The Bertz CT molecular complexity index is 275. The van der Waals surface area contributed by atoms with E-state index < -0.39 is 0 Å². The Balaban J connectivity index is 3.01. The van der Waals surface area contributed by atoms with Crippen molar-refractivity contribution in [3.63, 3.8) is 0 Å². The number of rotatable bonds is 2. The molecule has 0 aliphatic heterocycles. The minimum Gasteiger partial charge on any atom is -0.394 e. The van der Waals surface area contributed by atoms with Crippen LogP contribution in [0.4, 0.5) is 0 Å². The van der Waals surface area contributed by atoms with E-state index in [0.717, 1.165) is 15.6 Å². The summed E-state index contributed by atoms with van der Waals surface area (Å²) in [7, 11) is 0. The summed E-state index contributed by atoms with van der Waals surface area (Å²) in [5, 5.41) is 8.85. The van der Waals surface area contributed by atoms with Gasteiger partial charge in [0.25, 0.3) is 0 Å². The first-order valence-electron chi connectivity index (χ1n) is 3.77. The van der Waals surface area contributed by atoms with Crippen LogP contribution in [0.2, 0.25) is 0 Å². The molecule has 1 aromatic rings. The van der Waals surface area contributed by atoms with E-state index in [1.54, 1.807) is 0 Å². The van der Waals surface area contributed by atoms with Crippen molar-refractivity contribution < 1.29 is 5.11 Å². The van der Waals surface area contributed by atoms with Gasteiger partial charge < -0.3 is 10.8 Å². The van der Waals surface area contributed by atoms with Crippen molar-refractivity contribution in [3.05, 3.63) is 33.8 Å². The summed E-state index contributed by atoms with van der Waals surface area (Å²) in [5.41, 5.74) is 7.78. The molecule has 0 aromatic heterocycles. The zero-order chi connectivity index (χ0) is 9.14. The van der Waals surface area contributed by atoms with Crippen LogP contribution in [-0.2, 0) is 0 Å². The standard InChI is InChI=1S/C9H12BrNO/c1-6-4-7(10)2-3-8(6)9(11)5-12/h2-4,9,12H,5,11H2,1H3/t9-/m0/s1. The molecule has 3 heteroatoms. The Morgan fingerprint density at radius 3 is 2.75 bits per heavy atom. The highest BCUT2D eigenvalue weighted by atomic mass is 79.9. The van der Waals surface area contributed by atoms with Crippen LogP contribution in [0, 0.1) is 6.92 Å². The lowest BCUT2D eigenvalue weighted by Crippen LogP contribution is -2.15. The molecule has 0 radical (unpaired) electrons. The Labute approximate surface area is 80.5 Å². The van der Waals surface area contributed by atoms with Gasteiger partial charge in [0.05, 0.1) is 12.6 Å². The molecule has 0 unspecified atom stereocenters. The molecule has 1 atom stereocenters. The molecule has 0 fully saturated rings. The summed E-state index contributed by atoms with van der Waals surface area (Å²) in [4.78, 5) is 0. The number of aryl methyl sites for hydroxylation is 1. The number of nitrogens with two attached hydrogens (primary N) is 1. The van der Waals surface area contributed by atoms with Gasteiger partial charge in [0.15, 0.2) is 0 Å². The van der Waals surface area contributed by atoms with Gasteiger partial charge in [0, 0.05) is 4.47 Å². The first-order valence-corrected chi connectivity index (χ1v) is 4.57. The maximum absolute atomic E-state index is 8.85. The van der Waals surface area contributed by atoms with Gasteiger partial charge in [0.2, 0.25) is 0 Å². The molecule has 1 aromatic carbocycles. The van der Waals surface area contributed by atoms with Crippen molar-refractivity contribution in [1.82, 2.24) is 0 Å². The third kappa shape index (κ3) is 2.06. The van der Waals surface area contributed by atoms with Crippen LogP contribution in [0.1, 0.15) is 17.2 Å². The fourth-order valence-corrected chi connectivity index (χ4v) is 1.63. The van der Waals surface area contributed by atoms with Crippen molar-refractivity contribution in [2.75, 3.05) is 6.61 Å². The van der Waals surface area contributed by atoms with Gasteiger partial charge in [-0.15, -0.1) is 0 Å². The smallest absolute Gasteiger partial charge is 0.0624 e. The van der Waals surface area contributed by atoms with Gasteiger partial charge in [-0.2, -0.15) is 0 Å². The lowest BCUT2D eigenvalue weighted by atomic mass is 10.0. The van der Waals surface area contributed by atoms with Gasteiger partial charge in [0.1, 0.15) is 0 Å². The van der Waals surface area contributed by atoms with Crippen molar-refractivity contribution >= 4 is 15.9 Å². The molecule has 0 amide bonds. The van der Waals surface area contributed by atoms with Crippen LogP contribution in [0.25, 0.3) is 0 Å². The highest BCUT2D eigenvalue weighted by Gasteiger charge is 2.06. The quantitative estimate of drug-likeness (QED) is 0.812. The summed E-state index contributed by atoms with van der Waals surface area (Å²) >= 11 is 3.36. The van der Waals surface area contributed by atoms with E-state index in [1.807, 2.05) is 25.1 Å². The number of aliphatic hydroxyl groups is 1. The van der Waals surface area contributed by atoms with Gasteiger partial charge in [-0.25, -0.2) is 0 Å². The van der Waals surface area contributed by atoms with E-state index in [-0.39, 0.29) is 12.6 Å². The molecule has 12 heavy (non-hydrogen) atoms. The van der Waals surface area contributed by atoms with E-state index in [2.05, 4.69) is 15.9 Å². The Morgan fingerprint density at radius 1 is 1.58 bits per heavy atom. The molecule has 0 aliphatic rings. The predicted octanol–water partition coefficient (Wildman–Crippen LogP) is 1.75. The first-order chi connectivity index (χ1) is 5.65. The van der Waals surface area contributed by atoms with Crippen LogP contribution in [-0.4, -0.2) is 11.7 Å². The minimum atomic E-state index is -0.266. The molecule has 3 N–H and O–H groups in total. The first kappa shape index (κ1) is 9.71. The Morgan fingerprint density at radius 2 is 2.25 bits per heavy atom. The van der Waals surface area contributed by atoms with E-state index in [9.17, 15) is 0 Å². The lowest BCUT2D eigenvalue weighted by Gasteiger charge is -2.11.